The number of aryl methyl sites for hydroxylation is 2. The third-order valence-electron chi connectivity index (χ3n) is 3.57. The largest absolute Gasteiger partial charge is 0.385 e. The number of carbonyl (C=O) groups is 1. The van der Waals surface area contributed by atoms with Crippen molar-refractivity contribution >= 4 is 11.6 Å². The Balaban J connectivity index is 2.09. The van der Waals surface area contributed by atoms with Crippen LogP contribution in [0.2, 0.25) is 0 Å². The van der Waals surface area contributed by atoms with Gasteiger partial charge < -0.3 is 10.4 Å². The highest BCUT2D eigenvalue weighted by atomic mass is 16.3. The van der Waals surface area contributed by atoms with Crippen LogP contribution in [0.3, 0.4) is 0 Å². The molecule has 0 radical (unpaired) electrons. The van der Waals surface area contributed by atoms with Crippen molar-refractivity contribution in [1.29, 1.82) is 0 Å². The van der Waals surface area contributed by atoms with E-state index in [-0.39, 0.29) is 12.3 Å². The maximum Gasteiger partial charge on any atom is 0.227 e. The van der Waals surface area contributed by atoms with E-state index < -0.39 is 5.60 Å². The van der Waals surface area contributed by atoms with Crippen LogP contribution in [0.15, 0.2) is 48.5 Å². The second kappa shape index (κ2) is 6.10. The molecule has 0 spiro atoms. The van der Waals surface area contributed by atoms with Crippen LogP contribution in [0.25, 0.3) is 0 Å². The molecule has 0 heterocycles. The zero-order valence-corrected chi connectivity index (χ0v) is 12.7. The number of anilines is 1. The number of rotatable bonds is 4. The predicted molar refractivity (Wildman–Crippen MR) is 85.2 cm³/mol. The smallest absolute Gasteiger partial charge is 0.227 e. The van der Waals surface area contributed by atoms with Gasteiger partial charge in [-0.25, -0.2) is 0 Å². The minimum Gasteiger partial charge on any atom is -0.385 e. The van der Waals surface area contributed by atoms with Crippen LogP contribution >= 0.6 is 0 Å². The summed E-state index contributed by atoms with van der Waals surface area (Å²) in [4.78, 5) is 12.2. The van der Waals surface area contributed by atoms with Gasteiger partial charge in [-0.3, -0.25) is 4.79 Å². The average molecular weight is 283 g/mol. The zero-order valence-electron chi connectivity index (χ0n) is 12.7. The van der Waals surface area contributed by atoms with Crippen LogP contribution in [0.4, 0.5) is 5.69 Å². The van der Waals surface area contributed by atoms with Gasteiger partial charge in [0.15, 0.2) is 0 Å². The summed E-state index contributed by atoms with van der Waals surface area (Å²) in [5.74, 6) is -0.197. The molecule has 0 saturated heterocycles. The Labute approximate surface area is 125 Å². The molecular formula is C18H21NO2. The minimum absolute atomic E-state index is 0.0182. The fourth-order valence-electron chi connectivity index (χ4n) is 2.28. The normalized spacial score (nSPS) is 13.5. The van der Waals surface area contributed by atoms with Gasteiger partial charge in [-0.05, 0) is 43.5 Å². The summed E-state index contributed by atoms with van der Waals surface area (Å²) in [6.07, 6.45) is 0.0182. The number of hydrogen-bond donors (Lipinski definition) is 2. The van der Waals surface area contributed by atoms with E-state index in [1.54, 1.807) is 6.92 Å². The Morgan fingerprint density at radius 1 is 1.14 bits per heavy atom. The number of carbonyl (C=O) groups excluding carboxylic acids is 1. The van der Waals surface area contributed by atoms with Crippen LogP contribution in [0.5, 0.6) is 0 Å². The third kappa shape index (κ3) is 3.92. The van der Waals surface area contributed by atoms with Crippen molar-refractivity contribution in [1.82, 2.24) is 0 Å². The standard InChI is InChI=1S/C18H21NO2/c1-13-9-10-14(2)16(11-13)19-17(20)12-18(3,21)15-7-5-4-6-8-15/h4-11,21H,12H2,1-3H3,(H,19,20). The number of hydrogen-bond acceptors (Lipinski definition) is 2. The van der Waals surface area contributed by atoms with Gasteiger partial charge in [-0.1, -0.05) is 42.5 Å². The molecule has 0 bridgehead atoms. The van der Waals surface area contributed by atoms with E-state index >= 15 is 0 Å². The Hall–Kier alpha value is -2.13. The van der Waals surface area contributed by atoms with Crippen molar-refractivity contribution in [3.63, 3.8) is 0 Å². The van der Waals surface area contributed by atoms with E-state index in [4.69, 9.17) is 0 Å². The summed E-state index contributed by atoms with van der Waals surface area (Å²) in [5, 5.41) is 13.4. The molecule has 3 nitrogen and oxygen atoms in total. The van der Waals surface area contributed by atoms with Crippen molar-refractivity contribution in [2.24, 2.45) is 0 Å². The van der Waals surface area contributed by atoms with E-state index in [1.807, 2.05) is 62.4 Å². The fourth-order valence-corrected chi connectivity index (χ4v) is 2.28. The fraction of sp³-hybridized carbons (Fsp3) is 0.278. The molecular weight excluding hydrogens is 262 g/mol. The van der Waals surface area contributed by atoms with Crippen LogP contribution < -0.4 is 5.32 Å². The molecule has 2 aromatic rings. The lowest BCUT2D eigenvalue weighted by molar-refractivity contribution is -0.120. The lowest BCUT2D eigenvalue weighted by Gasteiger charge is -2.23. The quantitative estimate of drug-likeness (QED) is 0.901. The van der Waals surface area contributed by atoms with Crippen LogP contribution in [0.1, 0.15) is 30.0 Å². The second-order valence-electron chi connectivity index (χ2n) is 5.68. The van der Waals surface area contributed by atoms with Gasteiger partial charge in [-0.2, -0.15) is 0 Å². The van der Waals surface area contributed by atoms with Crippen LogP contribution in [-0.2, 0) is 10.4 Å². The third-order valence-corrected chi connectivity index (χ3v) is 3.57. The van der Waals surface area contributed by atoms with E-state index in [0.29, 0.717) is 0 Å². The highest BCUT2D eigenvalue weighted by molar-refractivity contribution is 5.92. The van der Waals surface area contributed by atoms with Gasteiger partial charge in [0.1, 0.15) is 0 Å². The summed E-state index contributed by atoms with van der Waals surface area (Å²) in [6.45, 7) is 5.59. The lowest BCUT2D eigenvalue weighted by atomic mass is 9.92. The molecule has 110 valence electrons. The van der Waals surface area contributed by atoms with E-state index in [0.717, 1.165) is 22.4 Å². The highest BCUT2D eigenvalue weighted by Gasteiger charge is 2.26. The molecule has 2 N–H and O–H groups in total. The second-order valence-corrected chi connectivity index (χ2v) is 5.68. The predicted octanol–water partition coefficient (Wildman–Crippen LogP) is 3.54. The molecule has 3 heteroatoms. The van der Waals surface area contributed by atoms with Crippen LogP contribution in [0, 0.1) is 13.8 Å². The minimum atomic E-state index is -1.18. The number of benzene rings is 2. The monoisotopic (exact) mass is 283 g/mol. The molecule has 1 atom stereocenters. The lowest BCUT2D eigenvalue weighted by Crippen LogP contribution is -2.28. The molecule has 21 heavy (non-hydrogen) atoms. The summed E-state index contributed by atoms with van der Waals surface area (Å²) in [5.41, 5.74) is 2.45. The first-order valence-electron chi connectivity index (χ1n) is 7.03. The van der Waals surface area contributed by atoms with Crippen molar-refractivity contribution in [2.45, 2.75) is 32.8 Å². The molecule has 1 amide bonds. The van der Waals surface area contributed by atoms with Crippen molar-refractivity contribution in [3.05, 3.63) is 65.2 Å². The van der Waals surface area contributed by atoms with Gasteiger partial charge in [0, 0.05) is 5.69 Å². The Morgan fingerprint density at radius 2 is 1.81 bits per heavy atom. The number of aliphatic hydroxyl groups is 1. The highest BCUT2D eigenvalue weighted by Crippen LogP contribution is 2.25. The SMILES string of the molecule is Cc1ccc(C)c(NC(=O)CC(C)(O)c2ccccc2)c1. The van der Waals surface area contributed by atoms with E-state index in [9.17, 15) is 9.90 Å². The summed E-state index contributed by atoms with van der Waals surface area (Å²) in [6, 6.07) is 15.2. The Kier molecular flexibility index (Phi) is 4.43. The van der Waals surface area contributed by atoms with Crippen molar-refractivity contribution < 1.29 is 9.90 Å². The molecule has 2 rings (SSSR count). The molecule has 0 aliphatic carbocycles. The zero-order chi connectivity index (χ0) is 15.5. The molecule has 0 saturated carbocycles. The summed E-state index contributed by atoms with van der Waals surface area (Å²) in [7, 11) is 0. The van der Waals surface area contributed by atoms with Gasteiger partial charge in [-0.15, -0.1) is 0 Å². The van der Waals surface area contributed by atoms with Gasteiger partial charge in [0.25, 0.3) is 0 Å². The first kappa shape index (κ1) is 15.3. The molecule has 1 unspecified atom stereocenters. The van der Waals surface area contributed by atoms with Crippen molar-refractivity contribution in [3.8, 4) is 0 Å². The molecule has 0 aromatic heterocycles. The first-order valence-corrected chi connectivity index (χ1v) is 7.03. The van der Waals surface area contributed by atoms with Crippen LogP contribution in [-0.4, -0.2) is 11.0 Å². The van der Waals surface area contributed by atoms with Gasteiger partial charge in [0.05, 0.1) is 12.0 Å². The molecule has 0 fully saturated rings. The number of nitrogens with one attached hydrogen (secondary N) is 1. The Bertz CT molecular complexity index is 633. The number of amides is 1. The van der Waals surface area contributed by atoms with Crippen molar-refractivity contribution in [2.75, 3.05) is 5.32 Å². The molecule has 0 aliphatic rings. The van der Waals surface area contributed by atoms with E-state index in [2.05, 4.69) is 5.32 Å². The first-order chi connectivity index (χ1) is 9.88. The van der Waals surface area contributed by atoms with Gasteiger partial charge >= 0.3 is 0 Å². The summed E-state index contributed by atoms with van der Waals surface area (Å²) >= 11 is 0. The van der Waals surface area contributed by atoms with Gasteiger partial charge in [0.2, 0.25) is 5.91 Å². The Morgan fingerprint density at radius 3 is 2.48 bits per heavy atom. The molecule has 2 aromatic carbocycles. The topological polar surface area (TPSA) is 49.3 Å². The van der Waals surface area contributed by atoms with E-state index in [1.165, 1.54) is 0 Å². The summed E-state index contributed by atoms with van der Waals surface area (Å²) < 4.78 is 0. The maximum atomic E-state index is 12.2. The maximum absolute atomic E-state index is 12.2. The average Bonchev–Trinajstić information content (AvgIpc) is 2.43. The molecule has 0 aliphatic heterocycles.